The van der Waals surface area contributed by atoms with E-state index in [9.17, 15) is 0 Å². The molecule has 3 aromatic rings. The second-order valence-corrected chi connectivity index (χ2v) is 6.06. The summed E-state index contributed by atoms with van der Waals surface area (Å²) in [6, 6.07) is 14.5. The molecule has 0 aliphatic rings. The van der Waals surface area contributed by atoms with Crippen LogP contribution in [0.15, 0.2) is 62.6 Å². The molecule has 0 radical (unpaired) electrons. The molecular formula is C23H14N6O2. The lowest BCUT2D eigenvalue weighted by Gasteiger charge is -2.07. The number of oxazole rings is 1. The number of nitriles is 4. The molecule has 0 unspecified atom stereocenters. The van der Waals surface area contributed by atoms with Crippen LogP contribution in [-0.4, -0.2) is 9.55 Å². The fraction of sp³-hybridized carbons (Fsp3) is 0.0870. The van der Waals surface area contributed by atoms with Crippen molar-refractivity contribution in [2.45, 2.75) is 13.5 Å². The molecule has 0 spiro atoms. The van der Waals surface area contributed by atoms with Gasteiger partial charge < -0.3 is 13.4 Å². The van der Waals surface area contributed by atoms with E-state index in [0.717, 1.165) is 11.4 Å². The third-order valence-electron chi connectivity index (χ3n) is 4.23. The average molecular weight is 406 g/mol. The molecular weight excluding hydrogens is 392 g/mol. The van der Waals surface area contributed by atoms with Crippen LogP contribution in [0.1, 0.15) is 18.6 Å². The molecule has 0 aliphatic carbocycles. The van der Waals surface area contributed by atoms with Gasteiger partial charge in [-0.05, 0) is 43.3 Å². The summed E-state index contributed by atoms with van der Waals surface area (Å²) in [5, 5.41) is 35.3. The van der Waals surface area contributed by atoms with Gasteiger partial charge in [0.15, 0.2) is 11.5 Å². The van der Waals surface area contributed by atoms with Gasteiger partial charge in [0, 0.05) is 12.6 Å². The smallest absolute Gasteiger partial charge is 0.221 e. The van der Waals surface area contributed by atoms with Gasteiger partial charge in [-0.25, -0.2) is 4.98 Å². The molecule has 8 nitrogen and oxygen atoms in total. The minimum absolute atomic E-state index is 0.00506. The number of allylic oxidation sites excluding steroid dienone is 4. The Bertz CT molecular complexity index is 1330. The minimum atomic E-state index is -0.0948. The van der Waals surface area contributed by atoms with Crippen molar-refractivity contribution in [2.75, 3.05) is 0 Å². The van der Waals surface area contributed by atoms with E-state index in [1.165, 1.54) is 18.3 Å². The monoisotopic (exact) mass is 406 g/mol. The Morgan fingerprint density at radius 3 is 2.26 bits per heavy atom. The second-order valence-electron chi connectivity index (χ2n) is 6.06. The van der Waals surface area contributed by atoms with Crippen molar-refractivity contribution in [2.24, 2.45) is 0 Å². The van der Waals surface area contributed by atoms with E-state index in [-0.39, 0.29) is 17.0 Å². The van der Waals surface area contributed by atoms with Gasteiger partial charge in [-0.3, -0.25) is 0 Å². The Balaban J connectivity index is 1.90. The zero-order chi connectivity index (χ0) is 22.2. The van der Waals surface area contributed by atoms with Crippen LogP contribution in [0.25, 0.3) is 35.1 Å². The van der Waals surface area contributed by atoms with Crippen molar-refractivity contribution in [1.82, 2.24) is 9.55 Å². The van der Waals surface area contributed by atoms with Crippen LogP contribution < -0.4 is 0 Å². The number of hydrogen-bond donors (Lipinski definition) is 0. The fourth-order valence-electron chi connectivity index (χ4n) is 2.84. The summed E-state index contributed by atoms with van der Waals surface area (Å²) in [6.45, 7) is 2.61. The maximum Gasteiger partial charge on any atom is 0.221 e. The lowest BCUT2D eigenvalue weighted by atomic mass is 10.3. The molecule has 3 rings (SSSR count). The molecule has 0 amide bonds. The summed E-state index contributed by atoms with van der Waals surface area (Å²) in [7, 11) is 0. The average Bonchev–Trinajstić information content (AvgIpc) is 3.53. The number of aromatic nitrogens is 2. The summed E-state index contributed by atoms with van der Waals surface area (Å²) < 4.78 is 13.5. The maximum absolute atomic E-state index is 8.87. The molecule has 0 bridgehead atoms. The van der Waals surface area contributed by atoms with E-state index in [1.807, 2.05) is 29.7 Å². The van der Waals surface area contributed by atoms with Gasteiger partial charge in [0.25, 0.3) is 0 Å². The summed E-state index contributed by atoms with van der Waals surface area (Å²) >= 11 is 0. The summed E-state index contributed by atoms with van der Waals surface area (Å²) in [6.07, 6.45) is 7.47. The van der Waals surface area contributed by atoms with Gasteiger partial charge in [0.2, 0.25) is 5.89 Å². The maximum atomic E-state index is 8.87. The molecule has 8 heteroatoms. The molecule has 0 N–H and O–H groups in total. The number of rotatable bonds is 6. The molecule has 0 saturated carbocycles. The van der Waals surface area contributed by atoms with E-state index in [2.05, 4.69) is 4.98 Å². The highest BCUT2D eigenvalue weighted by atomic mass is 16.4. The van der Waals surface area contributed by atoms with Crippen LogP contribution >= 0.6 is 0 Å². The van der Waals surface area contributed by atoms with Crippen molar-refractivity contribution in [3.05, 3.63) is 65.4 Å². The Hall–Kier alpha value is -5.05. The van der Waals surface area contributed by atoms with Crippen molar-refractivity contribution in [3.63, 3.8) is 0 Å². The van der Waals surface area contributed by atoms with E-state index >= 15 is 0 Å². The van der Waals surface area contributed by atoms with Crippen molar-refractivity contribution >= 4 is 12.2 Å². The molecule has 148 valence electrons. The normalized spacial score (nSPS) is 9.97. The van der Waals surface area contributed by atoms with Crippen LogP contribution in [0.4, 0.5) is 0 Å². The molecule has 0 aliphatic heterocycles. The molecule has 31 heavy (non-hydrogen) atoms. The van der Waals surface area contributed by atoms with Gasteiger partial charge in [0.1, 0.15) is 41.2 Å². The van der Waals surface area contributed by atoms with Crippen molar-refractivity contribution < 1.29 is 8.83 Å². The third-order valence-corrected chi connectivity index (χ3v) is 4.23. The Labute approximate surface area is 178 Å². The quantitative estimate of drug-likeness (QED) is 0.421. The SMILES string of the molecule is CCn1c(-c2ccc(/C=C/C=C(C#N)C#N)o2)ccc1-c1cnc(C=C(C#N)C#N)o1. The predicted molar refractivity (Wildman–Crippen MR) is 111 cm³/mol. The van der Waals surface area contributed by atoms with E-state index in [0.29, 0.717) is 23.8 Å². The van der Waals surface area contributed by atoms with Gasteiger partial charge in [-0.1, -0.05) is 6.08 Å². The first-order chi connectivity index (χ1) is 15.1. The first kappa shape index (κ1) is 20.7. The first-order valence-corrected chi connectivity index (χ1v) is 9.09. The third kappa shape index (κ3) is 4.51. The first-order valence-electron chi connectivity index (χ1n) is 9.09. The van der Waals surface area contributed by atoms with E-state index in [4.69, 9.17) is 29.9 Å². The highest BCUT2D eigenvalue weighted by Crippen LogP contribution is 2.31. The van der Waals surface area contributed by atoms with Gasteiger partial charge in [-0.15, -0.1) is 0 Å². The van der Waals surface area contributed by atoms with Crippen LogP contribution in [-0.2, 0) is 6.54 Å². The number of hydrogen-bond acceptors (Lipinski definition) is 7. The Morgan fingerprint density at radius 1 is 0.935 bits per heavy atom. The van der Waals surface area contributed by atoms with E-state index < -0.39 is 0 Å². The van der Waals surface area contributed by atoms with Gasteiger partial charge in [-0.2, -0.15) is 21.0 Å². The molecule has 0 atom stereocenters. The second kappa shape index (κ2) is 9.43. The van der Waals surface area contributed by atoms with Crippen LogP contribution in [0.5, 0.6) is 0 Å². The standard InChI is InChI=1S/C23H14N6O2/c1-2-29-19(21-9-6-18(30-21)5-3-4-16(11-24)12-25)7-8-20(29)22-15-28-23(31-22)10-17(13-26)14-27/h3-10,15H,2H2,1H3/b5-3+. The number of furan rings is 1. The topological polar surface area (TPSA) is 139 Å². The predicted octanol–water partition coefficient (Wildman–Crippen LogP) is 4.84. The zero-order valence-corrected chi connectivity index (χ0v) is 16.4. The molecule has 0 aromatic carbocycles. The largest absolute Gasteiger partial charge is 0.455 e. The molecule has 0 saturated heterocycles. The summed E-state index contributed by atoms with van der Waals surface area (Å²) in [5.41, 5.74) is 1.50. The van der Waals surface area contributed by atoms with Crippen LogP contribution in [0.3, 0.4) is 0 Å². The van der Waals surface area contributed by atoms with E-state index in [1.54, 1.807) is 42.5 Å². The molecule has 0 fully saturated rings. The summed E-state index contributed by atoms with van der Waals surface area (Å²) in [4.78, 5) is 4.11. The Morgan fingerprint density at radius 2 is 1.61 bits per heavy atom. The lowest BCUT2D eigenvalue weighted by molar-refractivity contribution is 0.549. The van der Waals surface area contributed by atoms with Gasteiger partial charge in [0.05, 0.1) is 17.6 Å². The Kier molecular flexibility index (Phi) is 6.29. The van der Waals surface area contributed by atoms with Crippen LogP contribution in [0.2, 0.25) is 0 Å². The van der Waals surface area contributed by atoms with Gasteiger partial charge >= 0.3 is 0 Å². The molecule has 3 heterocycles. The zero-order valence-electron chi connectivity index (χ0n) is 16.4. The minimum Gasteiger partial charge on any atom is -0.455 e. The highest BCUT2D eigenvalue weighted by Gasteiger charge is 2.16. The highest BCUT2D eigenvalue weighted by molar-refractivity contribution is 5.66. The van der Waals surface area contributed by atoms with Crippen molar-refractivity contribution in [1.29, 1.82) is 21.0 Å². The van der Waals surface area contributed by atoms with Crippen LogP contribution in [0, 0.1) is 45.3 Å². The lowest BCUT2D eigenvalue weighted by Crippen LogP contribution is -1.98. The fourth-order valence-corrected chi connectivity index (χ4v) is 2.84. The number of nitrogens with zero attached hydrogens (tertiary/aromatic N) is 6. The molecule has 3 aromatic heterocycles. The summed E-state index contributed by atoms with van der Waals surface area (Å²) in [5.74, 6) is 1.87. The van der Waals surface area contributed by atoms with Crippen molar-refractivity contribution in [3.8, 4) is 47.2 Å².